The highest BCUT2D eigenvalue weighted by atomic mass is 16.3. The van der Waals surface area contributed by atoms with Gasteiger partial charge in [-0.05, 0) is 147 Å². The number of imidazole rings is 4. The van der Waals surface area contributed by atoms with Crippen LogP contribution in [0.15, 0.2) is 268 Å². The lowest BCUT2D eigenvalue weighted by atomic mass is 9.70. The van der Waals surface area contributed by atoms with Crippen molar-refractivity contribution in [2.75, 3.05) is 62.2 Å². The molecule has 2 aliphatic heterocycles. The number of nitrogen functional groups attached to an aromatic ring is 4. The van der Waals surface area contributed by atoms with Gasteiger partial charge in [-0.15, -0.1) is 0 Å². The standard InChI is InChI=1S/C30H30N6O.C29H28N6O.2C25H22N6/c31-28-27-26(22-9-8-21-10-11-24(33-25(21)16-22)20-6-2-1-3-7-20)34-29(36(27)15-12-32-28)23-17-30(37,18-23)19-35-13-4-5-14-35;30-27-26-25(21-8-7-20-9-10-23(32-24(20)15-21)19-5-2-1-3-6-19)33-28(35(26)14-11-31-27)22-16-29(36,17-22)18-34-12-4-13-34;2*1-15-19-11-10-18(14-20(19)29-24(28-15)16-6-3-2-4-7-16)21-22-23(26)27-12-13-31(22)25(30-21)17-8-5-9-17/h1-3,6-12,15-16,23,37H,4-5,13-14,17-19H2,(H2,31,32);1-3,5-11,14-15,22,36H,4,12-13,16-18H2,(H2,30,31);2*2-4,6-7,10-14,17H,5,8-9H2,1H3,(H2,26,27). The largest absolute Gasteiger partial charge is 0.389 e. The molecule has 6 fully saturated rings. The third kappa shape index (κ3) is 16.0. The minimum atomic E-state index is -0.639. The topological polar surface area (TPSA) is 349 Å². The van der Waals surface area contributed by atoms with Gasteiger partial charge in [0.05, 0.1) is 44.7 Å². The van der Waals surface area contributed by atoms with Crippen LogP contribution in [-0.4, -0.2) is 158 Å². The molecule has 4 aliphatic carbocycles. The van der Waals surface area contributed by atoms with Crippen molar-refractivity contribution >= 4 is 88.9 Å². The quantitative estimate of drug-likeness (QED) is 0.0523. The molecule has 0 spiro atoms. The summed E-state index contributed by atoms with van der Waals surface area (Å²) in [5.41, 5.74) is 46.3. The molecule has 26 heteroatoms. The number of hydrogen-bond donors (Lipinski definition) is 6. The predicted octanol–water partition coefficient (Wildman–Crippen LogP) is 19.7. The Bertz CT molecular complexity index is 7690. The maximum Gasteiger partial charge on any atom is 0.160 e. The van der Waals surface area contributed by atoms with Crippen molar-refractivity contribution < 1.29 is 10.2 Å². The Morgan fingerprint density at radius 3 is 0.926 bits per heavy atom. The molecular formula is C109H102N24O2. The first kappa shape index (κ1) is 84.1. The van der Waals surface area contributed by atoms with E-state index in [1.807, 2.05) is 136 Å². The number of hydrogen-bond acceptors (Lipinski definition) is 22. The number of nitrogens with zero attached hydrogens (tertiary/aromatic N) is 20. The summed E-state index contributed by atoms with van der Waals surface area (Å²) in [7, 11) is 0. The van der Waals surface area contributed by atoms with E-state index >= 15 is 0 Å². The van der Waals surface area contributed by atoms with E-state index in [-0.39, 0.29) is 11.8 Å². The Labute approximate surface area is 779 Å². The smallest absolute Gasteiger partial charge is 0.160 e. The van der Waals surface area contributed by atoms with Gasteiger partial charge in [0, 0.05) is 164 Å². The Morgan fingerprint density at radius 2 is 0.607 bits per heavy atom. The summed E-state index contributed by atoms with van der Waals surface area (Å²) < 4.78 is 8.36. The molecule has 12 aromatic heterocycles. The summed E-state index contributed by atoms with van der Waals surface area (Å²) >= 11 is 0. The van der Waals surface area contributed by atoms with Crippen molar-refractivity contribution in [2.45, 2.75) is 132 Å². The molecule has 0 radical (unpaired) electrons. The highest BCUT2D eigenvalue weighted by Crippen LogP contribution is 2.50. The van der Waals surface area contributed by atoms with E-state index in [9.17, 15) is 10.2 Å². The summed E-state index contributed by atoms with van der Waals surface area (Å²) in [5, 5.41) is 26.4. The number of aliphatic hydroxyl groups is 2. The van der Waals surface area contributed by atoms with Crippen LogP contribution in [0.5, 0.6) is 0 Å². The number of aryl methyl sites for hydroxylation is 2. The number of benzene rings is 8. The average molecular weight is 1780 g/mol. The van der Waals surface area contributed by atoms with E-state index in [4.69, 9.17) is 72.8 Å². The molecule has 0 bridgehead atoms. The Morgan fingerprint density at radius 1 is 0.304 bits per heavy atom. The molecular weight excluding hydrogens is 1680 g/mol. The fourth-order valence-corrected chi connectivity index (χ4v) is 20.7. The van der Waals surface area contributed by atoms with Gasteiger partial charge in [0.1, 0.15) is 91.4 Å². The first-order chi connectivity index (χ1) is 66.0. The lowest BCUT2D eigenvalue weighted by Crippen LogP contribution is -2.54. The van der Waals surface area contributed by atoms with Gasteiger partial charge in [0.25, 0.3) is 0 Å². The molecule has 4 saturated carbocycles. The van der Waals surface area contributed by atoms with E-state index in [2.05, 4.69) is 169 Å². The second kappa shape index (κ2) is 34.7. The van der Waals surface area contributed by atoms with E-state index in [1.165, 1.54) is 57.8 Å². The van der Waals surface area contributed by atoms with Gasteiger partial charge in [-0.25, -0.2) is 69.8 Å². The number of nitrogens with two attached hydrogens (primary N) is 4. The fraction of sp³-hybridized carbons (Fsp3) is 0.248. The number of aromatic nitrogens is 18. The first-order valence-electron chi connectivity index (χ1n) is 47.0. The maximum atomic E-state index is 11.2. The van der Waals surface area contributed by atoms with Crippen LogP contribution in [0, 0.1) is 13.8 Å². The minimum absolute atomic E-state index is 0.180. The fourth-order valence-electron chi connectivity index (χ4n) is 20.7. The molecule has 135 heavy (non-hydrogen) atoms. The molecule has 6 aliphatic rings. The van der Waals surface area contributed by atoms with Crippen LogP contribution in [0.2, 0.25) is 0 Å². The first-order valence-corrected chi connectivity index (χ1v) is 47.0. The summed E-state index contributed by atoms with van der Waals surface area (Å²) in [6, 6.07) is 73.9. The second-order valence-corrected chi connectivity index (χ2v) is 37.3. The zero-order valence-corrected chi connectivity index (χ0v) is 75.3. The second-order valence-electron chi connectivity index (χ2n) is 37.3. The Balaban J connectivity index is 0.000000102. The third-order valence-electron chi connectivity index (χ3n) is 28.3. The molecule has 14 heterocycles. The van der Waals surface area contributed by atoms with Gasteiger partial charge < -0.3 is 42.9 Å². The maximum absolute atomic E-state index is 11.2. The van der Waals surface area contributed by atoms with Crippen LogP contribution in [0.25, 0.3) is 156 Å². The third-order valence-corrected chi connectivity index (χ3v) is 28.3. The van der Waals surface area contributed by atoms with Gasteiger partial charge >= 0.3 is 0 Å². The summed E-state index contributed by atoms with van der Waals surface area (Å²) in [6.45, 7) is 9.92. The van der Waals surface area contributed by atoms with Crippen molar-refractivity contribution in [3.63, 3.8) is 0 Å². The molecule has 0 unspecified atom stereocenters. The van der Waals surface area contributed by atoms with E-state index in [0.717, 1.165) is 230 Å². The summed E-state index contributed by atoms with van der Waals surface area (Å²) in [5.74, 6) is 8.73. The van der Waals surface area contributed by atoms with E-state index in [0.29, 0.717) is 60.8 Å². The molecule has 8 aromatic carbocycles. The minimum Gasteiger partial charge on any atom is -0.389 e. The van der Waals surface area contributed by atoms with Gasteiger partial charge in [-0.1, -0.05) is 195 Å². The van der Waals surface area contributed by atoms with Gasteiger partial charge in [-0.2, -0.15) is 0 Å². The van der Waals surface area contributed by atoms with Crippen LogP contribution in [-0.2, 0) is 0 Å². The molecule has 0 atom stereocenters. The SMILES string of the molecule is Cc1nc(-c2ccccc2)nc2cc(-c3nc(C4CCC4)n4ccnc(N)c34)ccc12.Cc1nc(-c2ccccc2)nc2cc(-c3nc(C4CCC4)n4ccnc(N)c34)ccc12.Nc1nccn2c(C3CC(O)(CN4CCC4)C3)nc(-c3ccc4ccc(-c5ccccc5)nc4c3)c12.Nc1nccn2c(C3CC(O)(CN4CCCC4)C3)nc(-c3ccc4ccc(-c5ccccc5)nc4c3)c12. The molecule has 10 N–H and O–H groups in total. The molecule has 670 valence electrons. The van der Waals surface area contributed by atoms with Crippen molar-refractivity contribution in [2.24, 2.45) is 0 Å². The number of fused-ring (bicyclic) bond motifs is 8. The zero-order chi connectivity index (χ0) is 91.2. The van der Waals surface area contributed by atoms with Crippen molar-refractivity contribution in [3.05, 3.63) is 303 Å². The monoisotopic (exact) mass is 1780 g/mol. The van der Waals surface area contributed by atoms with Crippen LogP contribution >= 0.6 is 0 Å². The van der Waals surface area contributed by atoms with Crippen LogP contribution in [0.4, 0.5) is 23.3 Å². The molecule has 20 aromatic rings. The zero-order valence-electron chi connectivity index (χ0n) is 75.3. The predicted molar refractivity (Wildman–Crippen MR) is 533 cm³/mol. The van der Waals surface area contributed by atoms with Gasteiger partial charge in [0.15, 0.2) is 11.6 Å². The Kier molecular flexibility index (Phi) is 21.6. The summed E-state index contributed by atoms with van der Waals surface area (Å²) in [6.07, 6.45) is 28.5. The number of likely N-dealkylation sites (tertiary alicyclic amines) is 2. The normalized spacial score (nSPS) is 18.4. The van der Waals surface area contributed by atoms with Crippen molar-refractivity contribution in [3.8, 4) is 90.3 Å². The van der Waals surface area contributed by atoms with Crippen molar-refractivity contribution in [1.29, 1.82) is 0 Å². The molecule has 0 amide bonds. The van der Waals surface area contributed by atoms with Crippen LogP contribution < -0.4 is 22.9 Å². The highest BCUT2D eigenvalue weighted by molar-refractivity contribution is 5.96. The van der Waals surface area contributed by atoms with E-state index < -0.39 is 11.2 Å². The van der Waals surface area contributed by atoms with Gasteiger partial charge in [0.2, 0.25) is 0 Å². The number of β-amino-alcohol motifs (C(OH)–C–C–N with tert-alkyl or cyclic N) is 2. The highest BCUT2D eigenvalue weighted by Gasteiger charge is 2.48. The lowest BCUT2D eigenvalue weighted by molar-refractivity contribution is -0.0835. The average Bonchev–Trinajstić information content (AvgIpc) is 1.62. The number of rotatable bonds is 16. The van der Waals surface area contributed by atoms with Crippen molar-refractivity contribution in [1.82, 2.24) is 97.2 Å². The van der Waals surface area contributed by atoms with Crippen LogP contribution in [0.1, 0.15) is 142 Å². The lowest BCUT2D eigenvalue weighted by Gasteiger charge is -2.47. The Hall–Kier alpha value is -15.2. The van der Waals surface area contributed by atoms with E-state index in [1.54, 1.807) is 24.8 Å². The number of pyridine rings is 2. The molecule has 26 rings (SSSR count). The molecule has 26 nitrogen and oxygen atoms in total. The summed E-state index contributed by atoms with van der Waals surface area (Å²) in [4.78, 5) is 71.5. The van der Waals surface area contributed by atoms with Gasteiger partial charge in [-0.3, -0.25) is 17.6 Å². The number of anilines is 4. The molecule has 2 saturated heterocycles. The van der Waals surface area contributed by atoms with Crippen LogP contribution in [0.3, 0.4) is 0 Å².